The zero-order valence-corrected chi connectivity index (χ0v) is 12.4. The van der Waals surface area contributed by atoms with Crippen molar-refractivity contribution in [3.8, 4) is 0 Å². The van der Waals surface area contributed by atoms with Crippen LogP contribution < -0.4 is 5.32 Å². The SMILES string of the molecule is CCCn1ccnc1CNC(=O)C1CCc2ccccc21. The van der Waals surface area contributed by atoms with E-state index in [4.69, 9.17) is 0 Å². The van der Waals surface area contributed by atoms with Crippen molar-refractivity contribution < 1.29 is 4.79 Å². The standard InChI is InChI=1S/C17H21N3O/c1-2-10-20-11-9-18-16(20)12-19-17(21)15-8-7-13-5-3-4-6-14(13)15/h3-6,9,11,15H,2,7-8,10,12H2,1H3,(H,19,21). The third kappa shape index (κ3) is 2.84. The van der Waals surface area contributed by atoms with Crippen LogP contribution in [0.2, 0.25) is 0 Å². The molecule has 1 unspecified atom stereocenters. The van der Waals surface area contributed by atoms with E-state index in [2.05, 4.69) is 33.9 Å². The Hall–Kier alpha value is -2.10. The van der Waals surface area contributed by atoms with Gasteiger partial charge in [0.05, 0.1) is 12.5 Å². The first-order chi connectivity index (χ1) is 10.3. The molecule has 0 saturated carbocycles. The Morgan fingerprint density at radius 2 is 2.29 bits per heavy atom. The van der Waals surface area contributed by atoms with Gasteiger partial charge >= 0.3 is 0 Å². The van der Waals surface area contributed by atoms with Crippen LogP contribution in [-0.2, 0) is 24.3 Å². The van der Waals surface area contributed by atoms with Gasteiger partial charge in [0.2, 0.25) is 5.91 Å². The van der Waals surface area contributed by atoms with Crippen LogP contribution in [0.15, 0.2) is 36.7 Å². The third-order valence-corrected chi connectivity index (χ3v) is 4.14. The summed E-state index contributed by atoms with van der Waals surface area (Å²) in [5, 5.41) is 3.04. The Morgan fingerprint density at radius 1 is 1.43 bits per heavy atom. The molecule has 4 nitrogen and oxygen atoms in total. The van der Waals surface area contributed by atoms with Gasteiger partial charge in [-0.15, -0.1) is 0 Å². The van der Waals surface area contributed by atoms with Gasteiger partial charge < -0.3 is 9.88 Å². The number of benzene rings is 1. The van der Waals surface area contributed by atoms with Gasteiger partial charge in [-0.3, -0.25) is 4.79 Å². The molecule has 1 aromatic heterocycles. The fourth-order valence-electron chi connectivity index (χ4n) is 3.07. The minimum atomic E-state index is -0.00390. The van der Waals surface area contributed by atoms with Gasteiger partial charge in [0.15, 0.2) is 0 Å². The zero-order chi connectivity index (χ0) is 14.7. The van der Waals surface area contributed by atoms with Crippen molar-refractivity contribution in [3.63, 3.8) is 0 Å². The van der Waals surface area contributed by atoms with Crippen LogP contribution in [0.4, 0.5) is 0 Å². The number of aromatic nitrogens is 2. The average Bonchev–Trinajstić information content (AvgIpc) is 3.12. The molecule has 1 aromatic carbocycles. The molecular weight excluding hydrogens is 262 g/mol. The summed E-state index contributed by atoms with van der Waals surface area (Å²) in [5.41, 5.74) is 2.50. The topological polar surface area (TPSA) is 46.9 Å². The summed E-state index contributed by atoms with van der Waals surface area (Å²) in [4.78, 5) is 16.8. The van der Waals surface area contributed by atoms with Crippen LogP contribution in [0.5, 0.6) is 0 Å². The first-order valence-electron chi connectivity index (χ1n) is 7.65. The van der Waals surface area contributed by atoms with Gasteiger partial charge in [0.1, 0.15) is 5.82 Å². The largest absolute Gasteiger partial charge is 0.348 e. The zero-order valence-electron chi connectivity index (χ0n) is 12.4. The van der Waals surface area contributed by atoms with Crippen molar-refractivity contribution in [2.75, 3.05) is 0 Å². The Kier molecular flexibility index (Phi) is 4.04. The van der Waals surface area contributed by atoms with E-state index in [9.17, 15) is 4.79 Å². The van der Waals surface area contributed by atoms with Crippen LogP contribution >= 0.6 is 0 Å². The highest BCUT2D eigenvalue weighted by Crippen LogP contribution is 2.32. The summed E-state index contributed by atoms with van der Waals surface area (Å²) in [7, 11) is 0. The quantitative estimate of drug-likeness (QED) is 0.917. The fraction of sp³-hybridized carbons (Fsp3) is 0.412. The maximum Gasteiger partial charge on any atom is 0.227 e. The smallest absolute Gasteiger partial charge is 0.227 e. The van der Waals surface area contributed by atoms with Gasteiger partial charge in [-0.1, -0.05) is 31.2 Å². The number of nitrogens with one attached hydrogen (secondary N) is 1. The normalized spacial score (nSPS) is 16.7. The Morgan fingerprint density at radius 3 is 3.14 bits per heavy atom. The van der Waals surface area contributed by atoms with Crippen LogP contribution in [0, 0.1) is 0 Å². The average molecular weight is 283 g/mol. The first-order valence-corrected chi connectivity index (χ1v) is 7.65. The molecule has 21 heavy (non-hydrogen) atoms. The van der Waals surface area contributed by atoms with Crippen LogP contribution in [0.3, 0.4) is 0 Å². The van der Waals surface area contributed by atoms with Crippen LogP contribution in [0.25, 0.3) is 0 Å². The predicted molar refractivity (Wildman–Crippen MR) is 81.9 cm³/mol. The molecule has 1 N–H and O–H groups in total. The third-order valence-electron chi connectivity index (χ3n) is 4.14. The van der Waals surface area contributed by atoms with Crippen molar-refractivity contribution in [2.24, 2.45) is 0 Å². The number of imidazole rings is 1. The summed E-state index contributed by atoms with van der Waals surface area (Å²) >= 11 is 0. The molecular formula is C17H21N3O. The summed E-state index contributed by atoms with van der Waals surface area (Å²) in [6.45, 7) is 3.58. The summed E-state index contributed by atoms with van der Waals surface area (Å²) in [6.07, 6.45) is 6.73. The number of hydrogen-bond donors (Lipinski definition) is 1. The predicted octanol–water partition coefficient (Wildman–Crippen LogP) is 2.64. The summed E-state index contributed by atoms with van der Waals surface area (Å²) in [6, 6.07) is 8.25. The number of carbonyl (C=O) groups excluding carboxylic acids is 1. The van der Waals surface area contributed by atoms with E-state index in [1.54, 1.807) is 6.20 Å². The molecule has 0 bridgehead atoms. The molecule has 4 heteroatoms. The lowest BCUT2D eigenvalue weighted by molar-refractivity contribution is -0.122. The van der Waals surface area contributed by atoms with E-state index in [0.717, 1.165) is 31.6 Å². The van der Waals surface area contributed by atoms with E-state index in [1.807, 2.05) is 18.3 Å². The van der Waals surface area contributed by atoms with E-state index in [0.29, 0.717) is 6.54 Å². The number of nitrogens with zero attached hydrogens (tertiary/aromatic N) is 2. The van der Waals surface area contributed by atoms with Crippen LogP contribution in [0.1, 0.15) is 42.6 Å². The van der Waals surface area contributed by atoms with E-state index in [-0.39, 0.29) is 11.8 Å². The minimum absolute atomic E-state index is 0.00390. The molecule has 1 aliphatic carbocycles. The second-order valence-electron chi connectivity index (χ2n) is 5.54. The molecule has 1 amide bonds. The number of hydrogen-bond acceptors (Lipinski definition) is 2. The van der Waals surface area contributed by atoms with E-state index >= 15 is 0 Å². The molecule has 1 heterocycles. The van der Waals surface area contributed by atoms with Gasteiger partial charge in [-0.25, -0.2) is 4.98 Å². The lowest BCUT2D eigenvalue weighted by Gasteiger charge is -2.13. The molecule has 0 aliphatic heterocycles. The molecule has 0 radical (unpaired) electrons. The molecule has 110 valence electrons. The van der Waals surface area contributed by atoms with Crippen molar-refractivity contribution in [1.82, 2.24) is 14.9 Å². The Balaban J connectivity index is 1.64. The number of amides is 1. The molecule has 3 rings (SSSR count). The molecule has 0 fully saturated rings. The second kappa shape index (κ2) is 6.12. The van der Waals surface area contributed by atoms with Gasteiger partial charge in [-0.2, -0.15) is 0 Å². The van der Waals surface area contributed by atoms with E-state index < -0.39 is 0 Å². The fourth-order valence-corrected chi connectivity index (χ4v) is 3.07. The first kappa shape index (κ1) is 13.9. The van der Waals surface area contributed by atoms with Gasteiger partial charge in [0, 0.05) is 18.9 Å². The Bertz CT molecular complexity index is 632. The second-order valence-corrected chi connectivity index (χ2v) is 5.54. The summed E-state index contributed by atoms with van der Waals surface area (Å²) in [5.74, 6) is 1.04. The van der Waals surface area contributed by atoms with Crippen LogP contribution in [-0.4, -0.2) is 15.5 Å². The monoisotopic (exact) mass is 283 g/mol. The number of aryl methyl sites for hydroxylation is 2. The molecule has 1 atom stereocenters. The highest BCUT2D eigenvalue weighted by atomic mass is 16.1. The van der Waals surface area contributed by atoms with Crippen molar-refractivity contribution in [2.45, 2.75) is 45.2 Å². The molecule has 0 saturated heterocycles. The lowest BCUT2D eigenvalue weighted by atomic mass is 10.0. The minimum Gasteiger partial charge on any atom is -0.348 e. The molecule has 1 aliphatic rings. The number of carbonyl (C=O) groups is 1. The Labute approximate surface area is 125 Å². The van der Waals surface area contributed by atoms with Gasteiger partial charge in [0.25, 0.3) is 0 Å². The molecule has 2 aromatic rings. The van der Waals surface area contributed by atoms with Crippen molar-refractivity contribution in [1.29, 1.82) is 0 Å². The highest BCUT2D eigenvalue weighted by Gasteiger charge is 2.27. The number of fused-ring (bicyclic) bond motifs is 1. The maximum atomic E-state index is 12.4. The highest BCUT2D eigenvalue weighted by molar-refractivity contribution is 5.84. The summed E-state index contributed by atoms with van der Waals surface area (Å²) < 4.78 is 2.10. The maximum absolute atomic E-state index is 12.4. The van der Waals surface area contributed by atoms with Crippen molar-refractivity contribution in [3.05, 3.63) is 53.6 Å². The van der Waals surface area contributed by atoms with Gasteiger partial charge in [-0.05, 0) is 30.4 Å². The van der Waals surface area contributed by atoms with E-state index in [1.165, 1.54) is 11.1 Å². The lowest BCUT2D eigenvalue weighted by Crippen LogP contribution is -2.29. The van der Waals surface area contributed by atoms with Crippen molar-refractivity contribution >= 4 is 5.91 Å². The number of rotatable bonds is 5. The molecule has 0 spiro atoms.